The van der Waals surface area contributed by atoms with Crippen molar-refractivity contribution in [2.24, 2.45) is 11.8 Å². The number of nitrogens with one attached hydrogen (secondary N) is 1. The zero-order chi connectivity index (χ0) is 15.0. The van der Waals surface area contributed by atoms with Crippen molar-refractivity contribution in [2.75, 3.05) is 18.0 Å². The third kappa shape index (κ3) is 2.69. The van der Waals surface area contributed by atoms with Gasteiger partial charge in [0.05, 0.1) is 5.69 Å². The number of hydrogen-bond acceptors (Lipinski definition) is 4. The molecule has 5 heteroatoms. The van der Waals surface area contributed by atoms with E-state index in [0.29, 0.717) is 6.04 Å². The predicted molar refractivity (Wildman–Crippen MR) is 90.2 cm³/mol. The maximum atomic E-state index is 4.94. The second kappa shape index (κ2) is 5.97. The minimum atomic E-state index is 0.561. The Kier molecular flexibility index (Phi) is 4.22. The fraction of sp³-hybridized carbons (Fsp3) is 0.688. The van der Waals surface area contributed by atoms with Crippen LogP contribution in [0.3, 0.4) is 0 Å². The second-order valence-corrected chi connectivity index (χ2v) is 7.30. The minimum absolute atomic E-state index is 0.561. The zero-order valence-corrected chi connectivity index (χ0v) is 14.3. The summed E-state index contributed by atoms with van der Waals surface area (Å²) >= 11 is 1.72. The lowest BCUT2D eigenvalue weighted by Crippen LogP contribution is -2.46. The van der Waals surface area contributed by atoms with Gasteiger partial charge >= 0.3 is 0 Å². The minimum Gasteiger partial charge on any atom is -0.352 e. The van der Waals surface area contributed by atoms with E-state index < -0.39 is 0 Å². The maximum Gasteiger partial charge on any atom is 0.195 e. The van der Waals surface area contributed by atoms with E-state index in [4.69, 9.17) is 4.98 Å². The van der Waals surface area contributed by atoms with E-state index in [-0.39, 0.29) is 0 Å². The van der Waals surface area contributed by atoms with Crippen LogP contribution in [0, 0.1) is 11.8 Å². The van der Waals surface area contributed by atoms with Crippen LogP contribution in [-0.4, -0.2) is 28.5 Å². The van der Waals surface area contributed by atoms with Crippen LogP contribution in [0.5, 0.6) is 0 Å². The largest absolute Gasteiger partial charge is 0.352 e. The highest BCUT2D eigenvalue weighted by molar-refractivity contribution is 7.15. The molecule has 2 aromatic heterocycles. The van der Waals surface area contributed by atoms with Gasteiger partial charge in [-0.2, -0.15) is 0 Å². The summed E-state index contributed by atoms with van der Waals surface area (Å²) in [4.78, 5) is 8.58. The number of rotatable bonds is 4. The lowest BCUT2D eigenvalue weighted by molar-refractivity contribution is 0.295. The molecule has 2 aromatic rings. The molecule has 3 heterocycles. The Bertz CT molecular complexity index is 602. The molecule has 0 aliphatic carbocycles. The highest BCUT2D eigenvalue weighted by atomic mass is 32.1. The summed E-state index contributed by atoms with van der Waals surface area (Å²) in [7, 11) is 0. The first kappa shape index (κ1) is 14.9. The van der Waals surface area contributed by atoms with Gasteiger partial charge in [0, 0.05) is 30.7 Å². The standard InChI is InChI=1S/C16H26N4S/c1-5-17-9-14-15(18-16-19(14)6-7-21-16)20-10-11(2)8-12(3)13(20)4/h6-7,11-13,17H,5,8-10H2,1-4H3. The second-order valence-electron chi connectivity index (χ2n) is 6.43. The molecule has 1 aliphatic heterocycles. The van der Waals surface area contributed by atoms with E-state index in [9.17, 15) is 0 Å². The molecule has 0 amide bonds. The van der Waals surface area contributed by atoms with E-state index in [0.717, 1.165) is 36.4 Å². The van der Waals surface area contributed by atoms with Gasteiger partial charge in [-0.1, -0.05) is 20.8 Å². The molecule has 0 spiro atoms. The first-order valence-electron chi connectivity index (χ1n) is 8.03. The van der Waals surface area contributed by atoms with Crippen molar-refractivity contribution in [2.45, 2.75) is 46.7 Å². The lowest BCUT2D eigenvalue weighted by atomic mass is 9.86. The molecule has 1 N–H and O–H groups in total. The van der Waals surface area contributed by atoms with Gasteiger partial charge in [-0.05, 0) is 31.7 Å². The monoisotopic (exact) mass is 306 g/mol. The number of piperidine rings is 1. The Balaban J connectivity index is 1.99. The molecule has 3 atom stereocenters. The number of hydrogen-bond donors (Lipinski definition) is 1. The molecule has 0 aromatic carbocycles. The molecular weight excluding hydrogens is 280 g/mol. The van der Waals surface area contributed by atoms with Crippen molar-refractivity contribution < 1.29 is 0 Å². The third-order valence-electron chi connectivity index (χ3n) is 4.75. The van der Waals surface area contributed by atoms with Crippen LogP contribution in [0.25, 0.3) is 4.96 Å². The Labute approximate surface area is 131 Å². The average molecular weight is 306 g/mol. The summed E-state index contributed by atoms with van der Waals surface area (Å²) in [5.41, 5.74) is 1.31. The van der Waals surface area contributed by atoms with Gasteiger partial charge in [0.2, 0.25) is 0 Å². The van der Waals surface area contributed by atoms with Crippen LogP contribution in [0.1, 0.15) is 39.8 Å². The first-order chi connectivity index (χ1) is 10.1. The van der Waals surface area contributed by atoms with Crippen LogP contribution in [0.15, 0.2) is 11.6 Å². The lowest BCUT2D eigenvalue weighted by Gasteiger charge is -2.41. The quantitative estimate of drug-likeness (QED) is 0.940. The number of anilines is 1. The summed E-state index contributed by atoms with van der Waals surface area (Å²) in [5, 5.41) is 5.58. The summed E-state index contributed by atoms with van der Waals surface area (Å²) < 4.78 is 2.25. The van der Waals surface area contributed by atoms with Crippen molar-refractivity contribution in [3.63, 3.8) is 0 Å². The third-order valence-corrected chi connectivity index (χ3v) is 5.51. The highest BCUT2D eigenvalue weighted by Gasteiger charge is 2.32. The maximum absolute atomic E-state index is 4.94. The van der Waals surface area contributed by atoms with E-state index >= 15 is 0 Å². The molecule has 21 heavy (non-hydrogen) atoms. The van der Waals surface area contributed by atoms with Crippen LogP contribution in [0.4, 0.5) is 5.82 Å². The van der Waals surface area contributed by atoms with Crippen LogP contribution < -0.4 is 10.2 Å². The van der Waals surface area contributed by atoms with Gasteiger partial charge in [0.1, 0.15) is 0 Å². The summed E-state index contributed by atoms with van der Waals surface area (Å²) in [6, 6.07) is 0.561. The molecule has 1 fully saturated rings. The molecule has 3 unspecified atom stereocenters. The van der Waals surface area contributed by atoms with Crippen molar-refractivity contribution in [3.05, 3.63) is 17.3 Å². The Hall–Kier alpha value is -1.07. The zero-order valence-electron chi connectivity index (χ0n) is 13.5. The Morgan fingerprint density at radius 1 is 1.38 bits per heavy atom. The number of nitrogens with zero attached hydrogens (tertiary/aromatic N) is 3. The van der Waals surface area contributed by atoms with E-state index in [1.165, 1.54) is 17.9 Å². The normalized spacial score (nSPS) is 26.7. The number of imidazole rings is 1. The van der Waals surface area contributed by atoms with Gasteiger partial charge in [-0.3, -0.25) is 4.40 Å². The molecule has 0 radical (unpaired) electrons. The molecule has 116 valence electrons. The van der Waals surface area contributed by atoms with E-state index in [1.807, 2.05) is 0 Å². The van der Waals surface area contributed by atoms with Crippen molar-refractivity contribution in [1.29, 1.82) is 0 Å². The van der Waals surface area contributed by atoms with Crippen molar-refractivity contribution in [3.8, 4) is 0 Å². The van der Waals surface area contributed by atoms with E-state index in [2.05, 4.69) is 53.9 Å². The molecule has 1 aliphatic rings. The topological polar surface area (TPSA) is 32.6 Å². The van der Waals surface area contributed by atoms with Crippen LogP contribution in [0.2, 0.25) is 0 Å². The molecular formula is C16H26N4S. The number of thiazole rings is 1. The first-order valence-corrected chi connectivity index (χ1v) is 8.91. The van der Waals surface area contributed by atoms with Crippen molar-refractivity contribution in [1.82, 2.24) is 14.7 Å². The molecule has 4 nitrogen and oxygen atoms in total. The Morgan fingerprint density at radius 3 is 2.95 bits per heavy atom. The van der Waals surface area contributed by atoms with Gasteiger partial charge in [0.15, 0.2) is 10.8 Å². The van der Waals surface area contributed by atoms with Gasteiger partial charge in [0.25, 0.3) is 0 Å². The summed E-state index contributed by atoms with van der Waals surface area (Å²) in [6.45, 7) is 12.2. The smallest absolute Gasteiger partial charge is 0.195 e. The van der Waals surface area contributed by atoms with Gasteiger partial charge in [-0.15, -0.1) is 11.3 Å². The van der Waals surface area contributed by atoms with Gasteiger partial charge < -0.3 is 10.2 Å². The van der Waals surface area contributed by atoms with Crippen LogP contribution in [-0.2, 0) is 6.54 Å². The summed E-state index contributed by atoms with van der Waals surface area (Å²) in [6.07, 6.45) is 3.47. The molecule has 0 saturated carbocycles. The molecule has 1 saturated heterocycles. The fourth-order valence-electron chi connectivity index (χ4n) is 3.45. The average Bonchev–Trinajstić information content (AvgIpc) is 3.01. The molecule has 0 bridgehead atoms. The van der Waals surface area contributed by atoms with E-state index in [1.54, 1.807) is 11.3 Å². The van der Waals surface area contributed by atoms with Gasteiger partial charge in [-0.25, -0.2) is 4.98 Å². The number of aromatic nitrogens is 2. The highest BCUT2D eigenvalue weighted by Crippen LogP contribution is 2.34. The SMILES string of the molecule is CCNCc1c(N2CC(C)CC(C)C2C)nc2sccn12. The predicted octanol–water partition coefficient (Wildman–Crippen LogP) is 3.38. The van der Waals surface area contributed by atoms with Crippen molar-refractivity contribution >= 4 is 22.1 Å². The van der Waals surface area contributed by atoms with Crippen LogP contribution >= 0.6 is 11.3 Å². The fourth-order valence-corrected chi connectivity index (χ4v) is 4.18. The number of fused-ring (bicyclic) bond motifs is 1. The summed E-state index contributed by atoms with van der Waals surface area (Å²) in [5.74, 6) is 2.65. The molecule has 3 rings (SSSR count). The Morgan fingerprint density at radius 2 is 2.19 bits per heavy atom.